The van der Waals surface area contributed by atoms with Gasteiger partial charge in [-0.15, -0.1) is 0 Å². The third kappa shape index (κ3) is 74.5. The van der Waals surface area contributed by atoms with Crippen LogP contribution in [0.15, 0.2) is 48.6 Å². The number of hydrogen-bond acceptors (Lipinski definition) is 8. The number of carboxylic acids is 1. The lowest BCUT2D eigenvalue weighted by atomic mass is 10.0. The highest BCUT2D eigenvalue weighted by molar-refractivity contribution is 5.70. The van der Waals surface area contributed by atoms with Gasteiger partial charge in [-0.1, -0.05) is 383 Å². The molecule has 0 bridgehead atoms. The summed E-state index contributed by atoms with van der Waals surface area (Å²) in [7, 11) is 5.95. The van der Waals surface area contributed by atoms with Crippen molar-refractivity contribution in [2.45, 2.75) is 411 Å². The Morgan fingerprint density at radius 2 is 0.626 bits per heavy atom. The topological polar surface area (TPSA) is 111 Å². The van der Waals surface area contributed by atoms with Crippen molar-refractivity contribution < 1.29 is 42.9 Å². The molecule has 9 nitrogen and oxygen atoms in total. The maximum atomic E-state index is 13.0. The molecule has 0 aliphatic carbocycles. The molecule has 534 valence electrons. The Morgan fingerprint density at radius 1 is 0.341 bits per heavy atom. The van der Waals surface area contributed by atoms with Crippen molar-refractivity contribution in [3.05, 3.63) is 48.6 Å². The van der Waals surface area contributed by atoms with E-state index >= 15 is 0 Å². The van der Waals surface area contributed by atoms with Crippen LogP contribution in [0.25, 0.3) is 0 Å². The van der Waals surface area contributed by atoms with Gasteiger partial charge in [0.2, 0.25) is 0 Å². The van der Waals surface area contributed by atoms with Crippen LogP contribution in [0, 0.1) is 0 Å². The monoisotopic (exact) mass is 1280 g/mol. The van der Waals surface area contributed by atoms with Gasteiger partial charge in [-0.2, -0.15) is 0 Å². The van der Waals surface area contributed by atoms with Gasteiger partial charge in [-0.05, 0) is 51.4 Å². The molecule has 0 fully saturated rings. The third-order valence-corrected chi connectivity index (χ3v) is 18.1. The van der Waals surface area contributed by atoms with Gasteiger partial charge >= 0.3 is 11.9 Å². The number of carbonyl (C=O) groups excluding carboxylic acids is 3. The van der Waals surface area contributed by atoms with Gasteiger partial charge in [0.15, 0.2) is 12.4 Å². The number of unbranched alkanes of at least 4 members (excludes halogenated alkanes) is 52. The summed E-state index contributed by atoms with van der Waals surface area (Å²) in [6.07, 6.45) is 92.4. The summed E-state index contributed by atoms with van der Waals surface area (Å²) in [5.41, 5.74) is 0. The lowest BCUT2D eigenvalue weighted by Crippen LogP contribution is -2.44. The number of hydrogen-bond donors (Lipinski definition) is 0. The number of nitrogens with zero attached hydrogens (tertiary/aromatic N) is 1. The van der Waals surface area contributed by atoms with Crippen LogP contribution in [0.1, 0.15) is 399 Å². The SMILES string of the molecule is CC/C=C\C/C=C\C/C=C\C/C=C\CCCCCCCCCCCCCCCCCCCCCCCCCCCCCCC(=O)OC(COC(=O)CCCCCCCCCCCCCCCCCCCCCCCCCCC)COC(OCC[N+](C)(C)C)C(=O)[O-]. The van der Waals surface area contributed by atoms with E-state index in [4.69, 9.17) is 18.9 Å². The fourth-order valence-corrected chi connectivity index (χ4v) is 12.1. The second kappa shape index (κ2) is 73.1. The van der Waals surface area contributed by atoms with Gasteiger partial charge in [-0.25, -0.2) is 0 Å². The Labute approximate surface area is 565 Å². The largest absolute Gasteiger partial charge is 0.545 e. The molecule has 0 saturated carbocycles. The molecule has 0 amide bonds. The normalized spacial score (nSPS) is 12.8. The van der Waals surface area contributed by atoms with Gasteiger partial charge in [0.25, 0.3) is 0 Å². The number of rotatable bonds is 75. The molecule has 2 atom stereocenters. The van der Waals surface area contributed by atoms with E-state index in [1.54, 1.807) is 0 Å². The molecule has 9 heteroatoms. The number of allylic oxidation sites excluding steroid dienone is 8. The summed E-state index contributed by atoms with van der Waals surface area (Å²) < 4.78 is 22.9. The molecule has 0 radical (unpaired) electrons. The van der Waals surface area contributed by atoms with E-state index in [-0.39, 0.29) is 32.2 Å². The smallest absolute Gasteiger partial charge is 0.306 e. The van der Waals surface area contributed by atoms with Gasteiger partial charge in [0.05, 0.1) is 40.3 Å². The quantitative estimate of drug-likeness (QED) is 0.0195. The van der Waals surface area contributed by atoms with Gasteiger partial charge in [0.1, 0.15) is 13.2 Å². The fourth-order valence-electron chi connectivity index (χ4n) is 12.1. The van der Waals surface area contributed by atoms with Crippen molar-refractivity contribution in [3.8, 4) is 0 Å². The summed E-state index contributed by atoms with van der Waals surface area (Å²) in [5.74, 6) is -2.25. The molecular formula is C82H153NO8. The minimum atomic E-state index is -1.62. The molecule has 2 unspecified atom stereocenters. The molecular weight excluding hydrogens is 1130 g/mol. The van der Waals surface area contributed by atoms with Gasteiger partial charge < -0.3 is 33.3 Å². The van der Waals surface area contributed by atoms with E-state index in [2.05, 4.69) is 62.5 Å². The summed E-state index contributed by atoms with van der Waals surface area (Å²) in [5, 5.41) is 11.8. The van der Waals surface area contributed by atoms with Crippen molar-refractivity contribution in [2.75, 3.05) is 47.5 Å². The number of carboxylic acid groups (broad SMARTS) is 1. The highest BCUT2D eigenvalue weighted by atomic mass is 16.7. The second-order valence-corrected chi connectivity index (χ2v) is 28.3. The Hall–Kier alpha value is -2.75. The number of aliphatic carboxylic acids is 1. The van der Waals surface area contributed by atoms with E-state index in [1.807, 2.05) is 21.1 Å². The molecule has 0 saturated heterocycles. The predicted molar refractivity (Wildman–Crippen MR) is 389 cm³/mol. The van der Waals surface area contributed by atoms with Crippen molar-refractivity contribution in [1.29, 1.82) is 0 Å². The van der Waals surface area contributed by atoms with Crippen LogP contribution in [0.5, 0.6) is 0 Å². The van der Waals surface area contributed by atoms with Gasteiger partial charge in [-0.3, -0.25) is 9.59 Å². The Bertz CT molecular complexity index is 1630. The number of esters is 2. The predicted octanol–water partition coefficient (Wildman–Crippen LogP) is 23.9. The van der Waals surface area contributed by atoms with E-state index in [0.717, 1.165) is 64.2 Å². The van der Waals surface area contributed by atoms with Crippen molar-refractivity contribution >= 4 is 17.9 Å². The standard InChI is InChI=1S/C82H153NO8/c1-6-8-10-12-14-16-18-20-22-24-26-28-30-32-33-34-35-36-37-38-39-40-41-42-43-44-45-46-47-49-51-53-55-57-59-61-63-65-67-69-71-73-80(85)91-78(77-90-82(81(86)87)88-75-74-83(3,4)5)76-89-79(84)72-70-68-66-64-62-60-58-56-54-52-50-48-31-29-27-25-23-21-19-17-15-13-11-9-7-2/h8,10,14,16,20,22,26,28,78,82H,6-7,9,11-13,15,17-19,21,23-25,27,29-77H2,1-5H3/b10-8-,16-14-,22-20-,28-26-. The van der Waals surface area contributed by atoms with E-state index in [1.165, 1.54) is 308 Å². The second-order valence-electron chi connectivity index (χ2n) is 28.3. The third-order valence-electron chi connectivity index (χ3n) is 18.1. The number of carbonyl (C=O) groups is 3. The molecule has 0 heterocycles. The van der Waals surface area contributed by atoms with Crippen LogP contribution in [-0.4, -0.2) is 82.3 Å². The zero-order valence-corrected chi connectivity index (χ0v) is 61.2. The van der Waals surface area contributed by atoms with Crippen LogP contribution < -0.4 is 5.11 Å². The van der Waals surface area contributed by atoms with Crippen molar-refractivity contribution in [1.82, 2.24) is 0 Å². The molecule has 0 aliphatic rings. The Morgan fingerprint density at radius 3 is 0.934 bits per heavy atom. The summed E-state index contributed by atoms with van der Waals surface area (Å²) in [4.78, 5) is 37.6. The Balaban J connectivity index is 3.93. The molecule has 0 aromatic heterocycles. The maximum Gasteiger partial charge on any atom is 0.306 e. The number of quaternary nitrogens is 1. The number of ether oxygens (including phenoxy) is 4. The highest BCUT2D eigenvalue weighted by Crippen LogP contribution is 2.20. The van der Waals surface area contributed by atoms with Crippen LogP contribution in [0.4, 0.5) is 0 Å². The van der Waals surface area contributed by atoms with E-state index in [9.17, 15) is 19.5 Å². The Kier molecular flexibility index (Phi) is 70.9. The molecule has 91 heavy (non-hydrogen) atoms. The van der Waals surface area contributed by atoms with Crippen LogP contribution in [0.2, 0.25) is 0 Å². The fraction of sp³-hybridized carbons (Fsp3) is 0.866. The molecule has 0 spiro atoms. The zero-order valence-electron chi connectivity index (χ0n) is 61.2. The minimum Gasteiger partial charge on any atom is -0.545 e. The van der Waals surface area contributed by atoms with E-state index in [0.29, 0.717) is 17.4 Å². The first-order chi connectivity index (χ1) is 44.6. The average Bonchev–Trinajstić information content (AvgIpc) is 3.53. The lowest BCUT2D eigenvalue weighted by molar-refractivity contribution is -0.870. The lowest BCUT2D eigenvalue weighted by Gasteiger charge is -2.26. The summed E-state index contributed by atoms with van der Waals surface area (Å²) >= 11 is 0. The average molecular weight is 1280 g/mol. The first-order valence-corrected chi connectivity index (χ1v) is 39.8. The van der Waals surface area contributed by atoms with Crippen molar-refractivity contribution in [2.24, 2.45) is 0 Å². The van der Waals surface area contributed by atoms with Gasteiger partial charge in [0, 0.05) is 12.8 Å². The minimum absolute atomic E-state index is 0.152. The molecule has 0 rings (SSSR count). The van der Waals surface area contributed by atoms with Crippen LogP contribution in [-0.2, 0) is 33.3 Å². The molecule has 0 aromatic rings. The van der Waals surface area contributed by atoms with Crippen LogP contribution >= 0.6 is 0 Å². The highest BCUT2D eigenvalue weighted by Gasteiger charge is 2.22. The summed E-state index contributed by atoms with van der Waals surface area (Å²) in [6, 6.07) is 0. The summed E-state index contributed by atoms with van der Waals surface area (Å²) in [6.45, 7) is 4.72. The zero-order chi connectivity index (χ0) is 66.1. The first kappa shape index (κ1) is 88.2. The first-order valence-electron chi connectivity index (χ1n) is 39.8. The number of likely N-dealkylation sites (N-methyl/N-ethyl adjacent to an activating group) is 1. The molecule has 0 aromatic carbocycles. The van der Waals surface area contributed by atoms with E-state index < -0.39 is 24.3 Å². The van der Waals surface area contributed by atoms with Crippen LogP contribution in [0.3, 0.4) is 0 Å². The van der Waals surface area contributed by atoms with Crippen molar-refractivity contribution in [3.63, 3.8) is 0 Å². The molecule has 0 N–H and O–H groups in total. The maximum absolute atomic E-state index is 13.0. The molecule has 0 aliphatic heterocycles.